The molecule has 0 bridgehead atoms. The number of rotatable bonds is 7. The minimum absolute atomic E-state index is 0.0283. The molecule has 7 nitrogen and oxygen atoms in total. The van der Waals surface area contributed by atoms with Crippen molar-refractivity contribution in [2.24, 2.45) is 4.99 Å². The average Bonchev–Trinajstić information content (AvgIpc) is 3.10. The van der Waals surface area contributed by atoms with Gasteiger partial charge in [0.2, 0.25) is 0 Å². The summed E-state index contributed by atoms with van der Waals surface area (Å²) in [5.74, 6) is 0.132. The molecule has 4 rings (SSSR count). The average molecular weight is 517 g/mol. The van der Waals surface area contributed by atoms with E-state index in [0.717, 1.165) is 33.4 Å². The number of hydrogen-bond donors (Lipinski definition) is 1. The van der Waals surface area contributed by atoms with Crippen LogP contribution in [0.5, 0.6) is 11.5 Å². The Labute approximate surface area is 196 Å². The first-order valence-corrected chi connectivity index (χ1v) is 11.7. The van der Waals surface area contributed by atoms with Crippen LogP contribution in [0.25, 0.3) is 6.08 Å². The monoisotopic (exact) mass is 516 g/mol. The van der Waals surface area contributed by atoms with Crippen LogP contribution >= 0.6 is 27.3 Å². The highest BCUT2D eigenvalue weighted by atomic mass is 79.9. The third-order valence-corrected chi connectivity index (χ3v) is 6.52. The smallest absolute Gasteiger partial charge is 0.335 e. The lowest BCUT2D eigenvalue weighted by atomic mass is 10.1. The molecule has 1 aromatic heterocycles. The van der Waals surface area contributed by atoms with E-state index in [-0.39, 0.29) is 17.7 Å². The van der Waals surface area contributed by atoms with Gasteiger partial charge in [0.05, 0.1) is 21.2 Å². The van der Waals surface area contributed by atoms with E-state index >= 15 is 0 Å². The molecule has 1 N–H and O–H groups in total. The Morgan fingerprint density at radius 1 is 1.28 bits per heavy atom. The molecule has 1 aliphatic heterocycles. The summed E-state index contributed by atoms with van der Waals surface area (Å²) in [7, 11) is 0. The molecule has 166 valence electrons. The highest BCUT2D eigenvalue weighted by molar-refractivity contribution is 9.10. The molecule has 0 aliphatic carbocycles. The minimum Gasteiger partial charge on any atom is -0.489 e. The zero-order valence-electron chi connectivity index (χ0n) is 17.3. The van der Waals surface area contributed by atoms with E-state index in [2.05, 4.69) is 20.9 Å². The summed E-state index contributed by atoms with van der Waals surface area (Å²) in [6.45, 7) is 4.04. The number of carboxylic acid groups (broad SMARTS) is 1. The molecule has 0 atom stereocenters. The molecule has 9 heteroatoms. The fourth-order valence-corrected chi connectivity index (χ4v) is 4.95. The van der Waals surface area contributed by atoms with Crippen LogP contribution < -0.4 is 24.4 Å². The number of nitrogens with zero attached hydrogens (tertiary/aromatic N) is 2. The Bertz CT molecular complexity index is 1330. The number of fused-ring (bicyclic) bond motifs is 1. The van der Waals surface area contributed by atoms with Crippen LogP contribution in [0.3, 0.4) is 0 Å². The zero-order chi connectivity index (χ0) is 22.7. The second-order valence-electron chi connectivity index (χ2n) is 7.14. The Balaban J connectivity index is 1.67. The number of carboxylic acids is 1. The molecule has 0 spiro atoms. The van der Waals surface area contributed by atoms with Crippen molar-refractivity contribution in [1.29, 1.82) is 0 Å². The third kappa shape index (κ3) is 4.78. The van der Waals surface area contributed by atoms with E-state index in [1.165, 1.54) is 11.3 Å². The number of hydrogen-bond acceptors (Lipinski definition) is 6. The van der Waals surface area contributed by atoms with Gasteiger partial charge in [0, 0.05) is 13.1 Å². The summed E-state index contributed by atoms with van der Waals surface area (Å²) in [5.41, 5.74) is 1.82. The molecule has 3 aromatic rings. The van der Waals surface area contributed by atoms with Gasteiger partial charge in [-0.2, -0.15) is 0 Å². The summed E-state index contributed by atoms with van der Waals surface area (Å²) in [5, 5.41) is 9.05. The first-order valence-electron chi connectivity index (χ1n) is 10.1. The number of ether oxygens (including phenoxy) is 2. The number of aromatic carboxylic acids is 1. The van der Waals surface area contributed by atoms with Gasteiger partial charge in [0.25, 0.3) is 5.56 Å². The van der Waals surface area contributed by atoms with E-state index in [1.54, 1.807) is 28.8 Å². The molecule has 1 aliphatic rings. The molecule has 2 aromatic carbocycles. The fourth-order valence-electron chi connectivity index (χ4n) is 3.35. The predicted octanol–water partition coefficient (Wildman–Crippen LogP) is 3.20. The van der Waals surface area contributed by atoms with E-state index in [1.807, 2.05) is 25.1 Å². The number of benzene rings is 2. The molecular formula is C23H21BrN2O5S. The van der Waals surface area contributed by atoms with Crippen molar-refractivity contribution in [1.82, 2.24) is 4.57 Å². The van der Waals surface area contributed by atoms with Crippen molar-refractivity contribution >= 4 is 39.3 Å². The maximum atomic E-state index is 12.7. The molecule has 0 radical (unpaired) electrons. The molecule has 2 heterocycles. The van der Waals surface area contributed by atoms with Gasteiger partial charge in [-0.3, -0.25) is 14.4 Å². The van der Waals surface area contributed by atoms with Crippen LogP contribution in [0.4, 0.5) is 0 Å². The van der Waals surface area contributed by atoms with Crippen molar-refractivity contribution in [3.05, 3.63) is 77.2 Å². The van der Waals surface area contributed by atoms with Gasteiger partial charge >= 0.3 is 5.97 Å². The second-order valence-corrected chi connectivity index (χ2v) is 9.00. The van der Waals surface area contributed by atoms with Crippen LogP contribution in [0, 0.1) is 0 Å². The van der Waals surface area contributed by atoms with E-state index in [4.69, 9.17) is 14.6 Å². The number of aromatic nitrogens is 1. The highest BCUT2D eigenvalue weighted by Gasteiger charge is 2.14. The Kier molecular flexibility index (Phi) is 6.76. The van der Waals surface area contributed by atoms with Crippen LogP contribution in [-0.2, 0) is 13.2 Å². The molecule has 0 fully saturated rings. The second kappa shape index (κ2) is 9.70. The normalized spacial score (nSPS) is 13.4. The Morgan fingerprint density at radius 2 is 2.06 bits per heavy atom. The van der Waals surface area contributed by atoms with Crippen LogP contribution in [0.15, 0.2) is 50.7 Å². The largest absolute Gasteiger partial charge is 0.489 e. The predicted molar refractivity (Wildman–Crippen MR) is 125 cm³/mol. The fraction of sp³-hybridized carbons (Fsp3) is 0.261. The Morgan fingerprint density at radius 3 is 2.75 bits per heavy atom. The first-order chi connectivity index (χ1) is 15.5. The number of halogens is 1. The summed E-state index contributed by atoms with van der Waals surface area (Å²) in [6.07, 6.45) is 2.71. The van der Waals surface area contributed by atoms with Crippen molar-refractivity contribution < 1.29 is 19.4 Å². The van der Waals surface area contributed by atoms with E-state index in [0.29, 0.717) is 29.2 Å². The van der Waals surface area contributed by atoms with Gasteiger partial charge in [-0.1, -0.05) is 23.5 Å². The van der Waals surface area contributed by atoms with Crippen LogP contribution in [0.1, 0.15) is 34.8 Å². The van der Waals surface area contributed by atoms with Gasteiger partial charge < -0.3 is 14.6 Å². The molecule has 0 amide bonds. The molecule has 0 saturated carbocycles. The highest BCUT2D eigenvalue weighted by Crippen LogP contribution is 2.37. The summed E-state index contributed by atoms with van der Waals surface area (Å²) < 4.78 is 14.9. The van der Waals surface area contributed by atoms with Crippen molar-refractivity contribution in [3.8, 4) is 11.5 Å². The maximum Gasteiger partial charge on any atom is 0.335 e. The molecule has 0 saturated heterocycles. The number of carbonyl (C=O) groups is 1. The van der Waals surface area contributed by atoms with Gasteiger partial charge in [-0.05, 0) is 70.7 Å². The van der Waals surface area contributed by atoms with Gasteiger partial charge in [0.1, 0.15) is 6.61 Å². The quantitative estimate of drug-likeness (QED) is 0.520. The van der Waals surface area contributed by atoms with E-state index < -0.39 is 5.97 Å². The molecule has 0 unspecified atom stereocenters. The summed E-state index contributed by atoms with van der Waals surface area (Å²) in [6, 6.07) is 10.2. The minimum atomic E-state index is -0.970. The van der Waals surface area contributed by atoms with Gasteiger partial charge in [-0.15, -0.1) is 0 Å². The lowest BCUT2D eigenvalue weighted by molar-refractivity contribution is 0.0697. The first kappa shape index (κ1) is 22.3. The van der Waals surface area contributed by atoms with Crippen LogP contribution in [0.2, 0.25) is 0 Å². The standard InChI is InChI=1S/C23H21BrN2O5S/c1-2-30-20-17(24)10-15(12-19-21(27)26-9-3-8-25-23(26)32-19)11-18(20)31-13-14-4-6-16(7-5-14)22(28)29/h4-7,10-12H,2-3,8-9,13H2,1H3,(H,28,29)/b19-12-. The Hall–Kier alpha value is -2.91. The lowest BCUT2D eigenvalue weighted by Crippen LogP contribution is -2.33. The van der Waals surface area contributed by atoms with Gasteiger partial charge in [0.15, 0.2) is 16.3 Å². The number of thiazole rings is 1. The SMILES string of the molecule is CCOc1c(Br)cc(/C=c2\sc3n(c2=O)CCCN=3)cc1OCc1ccc(C(=O)O)cc1. The van der Waals surface area contributed by atoms with Crippen molar-refractivity contribution in [3.63, 3.8) is 0 Å². The van der Waals surface area contributed by atoms with Crippen molar-refractivity contribution in [2.45, 2.75) is 26.5 Å². The molecule has 32 heavy (non-hydrogen) atoms. The topological polar surface area (TPSA) is 90.1 Å². The summed E-state index contributed by atoms with van der Waals surface area (Å²) >= 11 is 4.94. The lowest BCUT2D eigenvalue weighted by Gasteiger charge is -2.14. The summed E-state index contributed by atoms with van der Waals surface area (Å²) in [4.78, 5) is 29.0. The van der Waals surface area contributed by atoms with E-state index in [9.17, 15) is 9.59 Å². The van der Waals surface area contributed by atoms with Gasteiger partial charge in [-0.25, -0.2) is 4.79 Å². The van der Waals surface area contributed by atoms with Crippen LogP contribution in [-0.4, -0.2) is 28.8 Å². The maximum absolute atomic E-state index is 12.7. The third-order valence-electron chi connectivity index (χ3n) is 4.89. The molecular weight excluding hydrogens is 496 g/mol. The zero-order valence-corrected chi connectivity index (χ0v) is 19.7. The van der Waals surface area contributed by atoms with Crippen molar-refractivity contribution in [2.75, 3.05) is 13.2 Å².